The van der Waals surface area contributed by atoms with E-state index in [9.17, 15) is 10.1 Å². The first-order valence-electron chi connectivity index (χ1n) is 4.88. The zero-order valence-electron chi connectivity index (χ0n) is 9.04. The standard InChI is InChI=1S/C11H8ClN3O3/c12-10-4-8(15(16)17)1-2-11(10)18-9-3-7(13)5-14-6-9/h1-6H,13H2. The molecule has 0 saturated carbocycles. The van der Waals surface area contributed by atoms with Crippen molar-refractivity contribution in [2.75, 3.05) is 5.73 Å². The molecule has 1 heterocycles. The van der Waals surface area contributed by atoms with Crippen LogP contribution in [-0.2, 0) is 0 Å². The summed E-state index contributed by atoms with van der Waals surface area (Å²) in [7, 11) is 0. The van der Waals surface area contributed by atoms with Crippen molar-refractivity contribution >= 4 is 23.0 Å². The van der Waals surface area contributed by atoms with Crippen LogP contribution >= 0.6 is 11.6 Å². The van der Waals surface area contributed by atoms with E-state index in [2.05, 4.69) is 4.98 Å². The molecule has 18 heavy (non-hydrogen) atoms. The maximum atomic E-state index is 10.5. The summed E-state index contributed by atoms with van der Waals surface area (Å²) < 4.78 is 5.43. The Labute approximate surface area is 107 Å². The van der Waals surface area contributed by atoms with Gasteiger partial charge in [0.25, 0.3) is 5.69 Å². The lowest BCUT2D eigenvalue weighted by atomic mass is 10.3. The van der Waals surface area contributed by atoms with E-state index >= 15 is 0 Å². The maximum absolute atomic E-state index is 10.5. The molecule has 7 heteroatoms. The van der Waals surface area contributed by atoms with Crippen LogP contribution in [0.4, 0.5) is 11.4 Å². The highest BCUT2D eigenvalue weighted by Crippen LogP contribution is 2.32. The van der Waals surface area contributed by atoms with Crippen molar-refractivity contribution in [1.29, 1.82) is 0 Å². The van der Waals surface area contributed by atoms with Gasteiger partial charge >= 0.3 is 0 Å². The number of nitrogens with zero attached hydrogens (tertiary/aromatic N) is 2. The number of non-ortho nitro benzene ring substituents is 1. The lowest BCUT2D eigenvalue weighted by Crippen LogP contribution is -1.92. The molecule has 0 aliphatic carbocycles. The van der Waals surface area contributed by atoms with Gasteiger partial charge in [-0.2, -0.15) is 0 Å². The van der Waals surface area contributed by atoms with E-state index in [-0.39, 0.29) is 10.7 Å². The van der Waals surface area contributed by atoms with Crippen molar-refractivity contribution < 1.29 is 9.66 Å². The lowest BCUT2D eigenvalue weighted by Gasteiger charge is -2.07. The van der Waals surface area contributed by atoms with Crippen molar-refractivity contribution in [3.05, 3.63) is 51.8 Å². The molecule has 2 aromatic rings. The summed E-state index contributed by atoms with van der Waals surface area (Å²) in [4.78, 5) is 13.9. The zero-order chi connectivity index (χ0) is 13.1. The number of nitrogens with two attached hydrogens (primary N) is 1. The zero-order valence-corrected chi connectivity index (χ0v) is 9.79. The normalized spacial score (nSPS) is 10.1. The van der Waals surface area contributed by atoms with Gasteiger partial charge in [0.2, 0.25) is 0 Å². The summed E-state index contributed by atoms with van der Waals surface area (Å²) in [5.41, 5.74) is 5.90. The molecular formula is C11H8ClN3O3. The predicted molar refractivity (Wildman–Crippen MR) is 66.8 cm³/mol. The smallest absolute Gasteiger partial charge is 0.271 e. The predicted octanol–water partition coefficient (Wildman–Crippen LogP) is 3.02. The molecule has 1 aromatic heterocycles. The number of anilines is 1. The Morgan fingerprint density at radius 2 is 2.11 bits per heavy atom. The van der Waals surface area contributed by atoms with Gasteiger partial charge in [-0.05, 0) is 6.07 Å². The number of hydrogen-bond acceptors (Lipinski definition) is 5. The van der Waals surface area contributed by atoms with Gasteiger partial charge in [-0.3, -0.25) is 15.1 Å². The number of nitro groups is 1. The van der Waals surface area contributed by atoms with Crippen molar-refractivity contribution in [2.45, 2.75) is 0 Å². The summed E-state index contributed by atoms with van der Waals surface area (Å²) in [5, 5.41) is 10.7. The Balaban J connectivity index is 2.27. The maximum Gasteiger partial charge on any atom is 0.271 e. The third-order valence-electron chi connectivity index (χ3n) is 2.09. The van der Waals surface area contributed by atoms with Gasteiger partial charge in [0.15, 0.2) is 0 Å². The van der Waals surface area contributed by atoms with Gasteiger partial charge in [-0.25, -0.2) is 0 Å². The topological polar surface area (TPSA) is 91.3 Å². The highest BCUT2D eigenvalue weighted by atomic mass is 35.5. The average Bonchev–Trinajstić information content (AvgIpc) is 2.31. The number of hydrogen-bond donors (Lipinski definition) is 1. The minimum atomic E-state index is -0.530. The van der Waals surface area contributed by atoms with E-state index in [0.717, 1.165) is 0 Å². The van der Waals surface area contributed by atoms with Gasteiger partial charge in [0, 0.05) is 18.2 Å². The van der Waals surface area contributed by atoms with Gasteiger partial charge in [-0.15, -0.1) is 0 Å². The Morgan fingerprint density at radius 3 is 2.72 bits per heavy atom. The van der Waals surface area contributed by atoms with Gasteiger partial charge < -0.3 is 10.5 Å². The van der Waals surface area contributed by atoms with Crippen LogP contribution in [0.1, 0.15) is 0 Å². The van der Waals surface area contributed by atoms with Crippen LogP contribution in [0.25, 0.3) is 0 Å². The molecule has 2 rings (SSSR count). The second-order valence-electron chi connectivity index (χ2n) is 3.43. The fourth-order valence-electron chi connectivity index (χ4n) is 1.30. The van der Waals surface area contributed by atoms with Crippen molar-refractivity contribution in [2.24, 2.45) is 0 Å². The summed E-state index contributed by atoms with van der Waals surface area (Å²) in [5.74, 6) is 0.709. The van der Waals surface area contributed by atoms with E-state index < -0.39 is 4.92 Å². The molecule has 0 unspecified atom stereocenters. The molecule has 0 saturated heterocycles. The van der Waals surface area contributed by atoms with Crippen LogP contribution in [0.3, 0.4) is 0 Å². The quantitative estimate of drug-likeness (QED) is 0.680. The first-order valence-corrected chi connectivity index (χ1v) is 5.26. The first-order chi connectivity index (χ1) is 8.56. The van der Waals surface area contributed by atoms with Crippen LogP contribution in [0.2, 0.25) is 5.02 Å². The van der Waals surface area contributed by atoms with E-state index in [1.54, 1.807) is 6.07 Å². The Hall–Kier alpha value is -2.34. The minimum absolute atomic E-state index is 0.0990. The fourth-order valence-corrected chi connectivity index (χ4v) is 1.52. The van der Waals surface area contributed by atoms with Crippen LogP contribution in [0.5, 0.6) is 11.5 Å². The van der Waals surface area contributed by atoms with Gasteiger partial charge in [-0.1, -0.05) is 11.6 Å². The Bertz CT molecular complexity index is 604. The summed E-state index contributed by atoms with van der Waals surface area (Å²) >= 11 is 5.88. The van der Waals surface area contributed by atoms with Gasteiger partial charge in [0.05, 0.1) is 28.0 Å². The number of rotatable bonds is 3. The number of pyridine rings is 1. The van der Waals surface area contributed by atoms with E-state index in [4.69, 9.17) is 22.1 Å². The number of nitro benzene ring substituents is 1. The molecule has 0 aliphatic rings. The Morgan fingerprint density at radius 1 is 1.33 bits per heavy atom. The van der Waals surface area contributed by atoms with Crippen molar-refractivity contribution in [3.8, 4) is 11.5 Å². The molecule has 1 aromatic carbocycles. The molecule has 92 valence electrons. The molecule has 2 N–H and O–H groups in total. The lowest BCUT2D eigenvalue weighted by molar-refractivity contribution is -0.384. The third-order valence-corrected chi connectivity index (χ3v) is 2.38. The highest BCUT2D eigenvalue weighted by Gasteiger charge is 2.11. The molecule has 0 bridgehead atoms. The summed E-state index contributed by atoms with van der Waals surface area (Å²) in [6.45, 7) is 0. The number of aromatic nitrogens is 1. The van der Waals surface area contributed by atoms with Crippen LogP contribution in [0.15, 0.2) is 36.7 Å². The minimum Gasteiger partial charge on any atom is -0.454 e. The second-order valence-corrected chi connectivity index (χ2v) is 3.84. The first kappa shape index (κ1) is 12.1. The second kappa shape index (κ2) is 4.89. The number of nitrogen functional groups attached to an aromatic ring is 1. The Kier molecular flexibility index (Phi) is 3.29. The monoisotopic (exact) mass is 265 g/mol. The van der Waals surface area contributed by atoms with Crippen LogP contribution in [-0.4, -0.2) is 9.91 Å². The molecule has 0 spiro atoms. The van der Waals surface area contributed by atoms with Crippen LogP contribution < -0.4 is 10.5 Å². The summed E-state index contributed by atoms with van der Waals surface area (Å²) in [6.07, 6.45) is 2.94. The molecule has 0 radical (unpaired) electrons. The largest absolute Gasteiger partial charge is 0.454 e. The molecule has 6 nitrogen and oxygen atoms in total. The van der Waals surface area contributed by atoms with E-state index in [1.807, 2.05) is 0 Å². The highest BCUT2D eigenvalue weighted by molar-refractivity contribution is 6.32. The third kappa shape index (κ3) is 2.67. The molecule has 0 atom stereocenters. The van der Waals surface area contributed by atoms with Gasteiger partial charge in [0.1, 0.15) is 11.5 Å². The summed E-state index contributed by atoms with van der Waals surface area (Å²) in [6, 6.07) is 5.52. The molecule has 0 amide bonds. The molecular weight excluding hydrogens is 258 g/mol. The van der Waals surface area contributed by atoms with Crippen LogP contribution in [0, 0.1) is 10.1 Å². The average molecular weight is 266 g/mol. The van der Waals surface area contributed by atoms with Crippen molar-refractivity contribution in [3.63, 3.8) is 0 Å². The van der Waals surface area contributed by atoms with Crippen molar-refractivity contribution in [1.82, 2.24) is 4.98 Å². The SMILES string of the molecule is Nc1cncc(Oc2ccc([N+](=O)[O-])cc2Cl)c1. The number of benzene rings is 1. The molecule has 0 fully saturated rings. The fraction of sp³-hybridized carbons (Fsp3) is 0. The number of ether oxygens (including phenoxy) is 1. The number of halogens is 1. The van der Waals surface area contributed by atoms with E-state index in [0.29, 0.717) is 17.2 Å². The molecule has 0 aliphatic heterocycles. The van der Waals surface area contributed by atoms with E-state index in [1.165, 1.54) is 30.6 Å².